The molecule has 0 spiro atoms. The molecule has 1 aliphatic carbocycles. The van der Waals surface area contributed by atoms with Crippen molar-refractivity contribution in [2.24, 2.45) is 5.41 Å². The zero-order valence-electron chi connectivity index (χ0n) is 11.6. The number of amides is 1. The fourth-order valence-electron chi connectivity index (χ4n) is 3.10. The molecule has 1 saturated carbocycles. The van der Waals surface area contributed by atoms with E-state index in [1.165, 1.54) is 0 Å². The van der Waals surface area contributed by atoms with Crippen LogP contribution in [0.1, 0.15) is 51.9 Å². The molecule has 1 unspecified atom stereocenters. The molecular weight excluding hydrogens is 244 g/mol. The molecule has 0 aromatic rings. The highest BCUT2D eigenvalue weighted by Crippen LogP contribution is 2.31. The molecule has 19 heavy (non-hydrogen) atoms. The van der Waals surface area contributed by atoms with Crippen LogP contribution in [0.2, 0.25) is 0 Å². The van der Waals surface area contributed by atoms with Gasteiger partial charge in [0, 0.05) is 6.54 Å². The van der Waals surface area contributed by atoms with E-state index in [1.54, 1.807) is 0 Å². The molecule has 1 saturated heterocycles. The van der Waals surface area contributed by atoms with Gasteiger partial charge in [-0.25, -0.2) is 4.79 Å². The molecule has 2 rings (SSSR count). The normalized spacial score (nSPS) is 30.6. The van der Waals surface area contributed by atoms with Gasteiger partial charge in [0.05, 0.1) is 5.41 Å². The maximum Gasteiger partial charge on any atom is 0.329 e. The highest BCUT2D eigenvalue weighted by molar-refractivity contribution is 5.90. The summed E-state index contributed by atoms with van der Waals surface area (Å²) in [5.41, 5.74) is -1.51. The van der Waals surface area contributed by atoms with E-state index in [4.69, 9.17) is 0 Å². The Hall–Kier alpha value is -1.10. The van der Waals surface area contributed by atoms with E-state index < -0.39 is 16.9 Å². The molecule has 2 fully saturated rings. The average Bonchev–Trinajstić information content (AvgIpc) is 2.67. The smallest absolute Gasteiger partial charge is 0.329 e. The summed E-state index contributed by atoms with van der Waals surface area (Å²) in [6.07, 6.45) is 5.75. The topological polar surface area (TPSA) is 78.4 Å². The molecular formula is C14H24N2O3. The Kier molecular flexibility index (Phi) is 4.13. The van der Waals surface area contributed by atoms with Gasteiger partial charge in [-0.2, -0.15) is 0 Å². The molecule has 3 N–H and O–H groups in total. The Morgan fingerprint density at radius 2 is 1.74 bits per heavy atom. The summed E-state index contributed by atoms with van der Waals surface area (Å²) in [6, 6.07) is 0. The molecule has 0 bridgehead atoms. The van der Waals surface area contributed by atoms with Crippen LogP contribution < -0.4 is 10.6 Å². The Balaban J connectivity index is 2.11. The lowest BCUT2D eigenvalue weighted by Crippen LogP contribution is -2.58. The summed E-state index contributed by atoms with van der Waals surface area (Å²) < 4.78 is 0. The van der Waals surface area contributed by atoms with E-state index >= 15 is 0 Å². The number of carbonyl (C=O) groups excluding carboxylic acids is 1. The van der Waals surface area contributed by atoms with Gasteiger partial charge in [0.2, 0.25) is 5.91 Å². The predicted octanol–water partition coefficient (Wildman–Crippen LogP) is 1.28. The number of rotatable bonds is 3. The number of hydrogen-bond donors (Lipinski definition) is 3. The first-order chi connectivity index (χ1) is 8.99. The van der Waals surface area contributed by atoms with E-state index in [0.717, 1.165) is 38.6 Å². The lowest BCUT2D eigenvalue weighted by Gasteiger charge is -2.33. The minimum Gasteiger partial charge on any atom is -0.480 e. The molecule has 0 aromatic carbocycles. The Labute approximate surface area is 114 Å². The summed E-state index contributed by atoms with van der Waals surface area (Å²) in [5.74, 6) is -0.987. The largest absolute Gasteiger partial charge is 0.480 e. The van der Waals surface area contributed by atoms with Crippen LogP contribution in [0, 0.1) is 5.41 Å². The van der Waals surface area contributed by atoms with Gasteiger partial charge in [-0.3, -0.25) is 4.79 Å². The summed E-state index contributed by atoms with van der Waals surface area (Å²) in [6.45, 7) is 3.37. The Bertz CT molecular complexity index is 354. The van der Waals surface area contributed by atoms with Gasteiger partial charge in [0.15, 0.2) is 0 Å². The van der Waals surface area contributed by atoms with Crippen molar-refractivity contribution >= 4 is 11.9 Å². The van der Waals surface area contributed by atoms with Gasteiger partial charge in [-0.05, 0) is 32.7 Å². The van der Waals surface area contributed by atoms with Crippen molar-refractivity contribution in [3.63, 3.8) is 0 Å². The average molecular weight is 268 g/mol. The summed E-state index contributed by atoms with van der Waals surface area (Å²) in [7, 11) is 0. The standard InChI is InChI=1S/C14H24N2O3/c1-13(8-9-15-10-13)11(17)16-14(12(18)19)6-4-2-3-5-7-14/h15H,2-10H2,1H3,(H,16,17)(H,18,19). The van der Waals surface area contributed by atoms with Crippen molar-refractivity contribution in [2.45, 2.75) is 57.4 Å². The molecule has 5 heteroatoms. The van der Waals surface area contributed by atoms with E-state index in [1.807, 2.05) is 6.92 Å². The lowest BCUT2D eigenvalue weighted by molar-refractivity contribution is -0.150. The summed E-state index contributed by atoms with van der Waals surface area (Å²) in [4.78, 5) is 24.1. The van der Waals surface area contributed by atoms with E-state index in [0.29, 0.717) is 19.4 Å². The van der Waals surface area contributed by atoms with Crippen LogP contribution >= 0.6 is 0 Å². The maximum absolute atomic E-state index is 12.4. The number of hydrogen-bond acceptors (Lipinski definition) is 3. The molecule has 1 aliphatic heterocycles. The van der Waals surface area contributed by atoms with Crippen molar-refractivity contribution < 1.29 is 14.7 Å². The number of aliphatic carboxylic acids is 1. The van der Waals surface area contributed by atoms with Crippen molar-refractivity contribution in [3.8, 4) is 0 Å². The maximum atomic E-state index is 12.4. The quantitative estimate of drug-likeness (QED) is 0.674. The van der Waals surface area contributed by atoms with Gasteiger partial charge in [-0.1, -0.05) is 25.7 Å². The molecule has 108 valence electrons. The predicted molar refractivity (Wildman–Crippen MR) is 71.8 cm³/mol. The number of carbonyl (C=O) groups is 2. The molecule has 1 heterocycles. The van der Waals surface area contributed by atoms with Gasteiger partial charge < -0.3 is 15.7 Å². The van der Waals surface area contributed by atoms with Crippen LogP contribution in [0.25, 0.3) is 0 Å². The Morgan fingerprint density at radius 3 is 2.21 bits per heavy atom. The third-order valence-electron chi connectivity index (χ3n) is 4.64. The SMILES string of the molecule is CC1(C(=O)NC2(C(=O)O)CCCCCC2)CCNC1. The second-order valence-corrected chi connectivity index (χ2v) is 6.24. The molecule has 0 aromatic heterocycles. The number of carboxylic acid groups (broad SMARTS) is 1. The van der Waals surface area contributed by atoms with E-state index in [-0.39, 0.29) is 5.91 Å². The minimum absolute atomic E-state index is 0.109. The number of carboxylic acids is 1. The van der Waals surface area contributed by atoms with Crippen LogP contribution in [0.3, 0.4) is 0 Å². The van der Waals surface area contributed by atoms with Crippen LogP contribution in [-0.2, 0) is 9.59 Å². The summed E-state index contributed by atoms with van der Waals surface area (Å²) >= 11 is 0. The summed E-state index contributed by atoms with van der Waals surface area (Å²) in [5, 5.41) is 15.6. The molecule has 5 nitrogen and oxygen atoms in total. The fourth-order valence-corrected chi connectivity index (χ4v) is 3.10. The van der Waals surface area contributed by atoms with Crippen LogP contribution in [0.4, 0.5) is 0 Å². The van der Waals surface area contributed by atoms with Crippen LogP contribution in [-0.4, -0.2) is 35.6 Å². The molecule has 1 atom stereocenters. The lowest BCUT2D eigenvalue weighted by atomic mass is 9.84. The van der Waals surface area contributed by atoms with Crippen LogP contribution in [0.5, 0.6) is 0 Å². The first-order valence-corrected chi connectivity index (χ1v) is 7.25. The van der Waals surface area contributed by atoms with Crippen LogP contribution in [0.15, 0.2) is 0 Å². The second kappa shape index (κ2) is 5.49. The second-order valence-electron chi connectivity index (χ2n) is 6.24. The van der Waals surface area contributed by atoms with Gasteiger partial charge >= 0.3 is 5.97 Å². The van der Waals surface area contributed by atoms with Gasteiger partial charge in [0.25, 0.3) is 0 Å². The minimum atomic E-state index is -1.04. The van der Waals surface area contributed by atoms with E-state index in [9.17, 15) is 14.7 Å². The first-order valence-electron chi connectivity index (χ1n) is 7.25. The van der Waals surface area contributed by atoms with Crippen molar-refractivity contribution in [2.75, 3.05) is 13.1 Å². The van der Waals surface area contributed by atoms with Crippen molar-refractivity contribution in [3.05, 3.63) is 0 Å². The third-order valence-corrected chi connectivity index (χ3v) is 4.64. The molecule has 2 aliphatic rings. The molecule has 1 amide bonds. The van der Waals surface area contributed by atoms with E-state index in [2.05, 4.69) is 10.6 Å². The monoisotopic (exact) mass is 268 g/mol. The van der Waals surface area contributed by atoms with Crippen molar-refractivity contribution in [1.29, 1.82) is 0 Å². The van der Waals surface area contributed by atoms with Crippen molar-refractivity contribution in [1.82, 2.24) is 10.6 Å². The van der Waals surface area contributed by atoms with Gasteiger partial charge in [0.1, 0.15) is 5.54 Å². The zero-order chi connectivity index (χ0) is 13.9. The number of nitrogens with one attached hydrogen (secondary N) is 2. The first kappa shape index (κ1) is 14.3. The molecule has 0 radical (unpaired) electrons. The Morgan fingerprint density at radius 1 is 1.11 bits per heavy atom. The zero-order valence-corrected chi connectivity index (χ0v) is 11.6. The highest BCUT2D eigenvalue weighted by Gasteiger charge is 2.45. The third kappa shape index (κ3) is 2.91. The van der Waals surface area contributed by atoms with Gasteiger partial charge in [-0.15, -0.1) is 0 Å². The highest BCUT2D eigenvalue weighted by atomic mass is 16.4. The fraction of sp³-hybridized carbons (Fsp3) is 0.857.